The van der Waals surface area contributed by atoms with E-state index in [-0.39, 0.29) is 11.8 Å². The van der Waals surface area contributed by atoms with Gasteiger partial charge in [-0.25, -0.2) is 4.68 Å². The Kier molecular flexibility index (Phi) is 4.87. The summed E-state index contributed by atoms with van der Waals surface area (Å²) in [6.07, 6.45) is 5.79. The van der Waals surface area contributed by atoms with Crippen LogP contribution in [0.1, 0.15) is 22.8 Å². The number of hydrogen-bond acceptors (Lipinski definition) is 4. The van der Waals surface area contributed by atoms with Gasteiger partial charge < -0.3 is 16.4 Å². The van der Waals surface area contributed by atoms with Gasteiger partial charge in [0.05, 0.1) is 5.69 Å². The van der Waals surface area contributed by atoms with Gasteiger partial charge in [-0.15, -0.1) is 0 Å². The van der Waals surface area contributed by atoms with E-state index in [0.717, 1.165) is 28.8 Å². The molecule has 0 saturated carbocycles. The Morgan fingerprint density at radius 1 is 1.24 bits per heavy atom. The zero-order valence-corrected chi connectivity index (χ0v) is 16.0. The van der Waals surface area contributed by atoms with Crippen LogP contribution in [0.25, 0.3) is 16.8 Å². The molecule has 0 unspecified atom stereocenters. The Labute approximate surface area is 168 Å². The van der Waals surface area contributed by atoms with Crippen LogP contribution in [0.2, 0.25) is 0 Å². The molecule has 146 valence electrons. The summed E-state index contributed by atoms with van der Waals surface area (Å²) in [5, 5.41) is 10.1. The maximum Gasteiger partial charge on any atom is 0.251 e. The summed E-state index contributed by atoms with van der Waals surface area (Å²) < 4.78 is 1.68. The van der Waals surface area contributed by atoms with Gasteiger partial charge in [-0.1, -0.05) is 24.3 Å². The highest BCUT2D eigenvalue weighted by atomic mass is 16.2. The van der Waals surface area contributed by atoms with Gasteiger partial charge in [-0.3, -0.25) is 9.59 Å². The highest BCUT2D eigenvalue weighted by Gasteiger charge is 2.18. The van der Waals surface area contributed by atoms with Crippen LogP contribution in [0.3, 0.4) is 0 Å². The number of amides is 2. The maximum absolute atomic E-state index is 12.0. The third-order valence-corrected chi connectivity index (χ3v) is 4.78. The van der Waals surface area contributed by atoms with Gasteiger partial charge in [-0.2, -0.15) is 5.10 Å². The monoisotopic (exact) mass is 387 g/mol. The molecule has 0 spiro atoms. The lowest BCUT2D eigenvalue weighted by atomic mass is 9.96. The molecule has 1 aliphatic heterocycles. The van der Waals surface area contributed by atoms with Crippen LogP contribution >= 0.6 is 0 Å². The fraction of sp³-hybridized carbons (Fsp3) is 0.136. The lowest BCUT2D eigenvalue weighted by Gasteiger charge is -2.17. The Bertz CT molecular complexity index is 1130. The normalized spacial score (nSPS) is 13.2. The van der Waals surface area contributed by atoms with Crippen molar-refractivity contribution in [3.05, 3.63) is 71.9 Å². The smallest absolute Gasteiger partial charge is 0.251 e. The number of aromatic nitrogens is 2. The molecule has 0 radical (unpaired) electrons. The molecular weight excluding hydrogens is 366 g/mol. The van der Waals surface area contributed by atoms with E-state index < -0.39 is 0 Å². The minimum absolute atomic E-state index is 0.0433. The Morgan fingerprint density at radius 3 is 2.93 bits per heavy atom. The number of carbonyl (C=O) groups excluding carboxylic acids is 2. The summed E-state index contributed by atoms with van der Waals surface area (Å²) in [6, 6.07) is 13.1. The van der Waals surface area contributed by atoms with E-state index in [9.17, 15) is 9.59 Å². The van der Waals surface area contributed by atoms with Gasteiger partial charge in [0, 0.05) is 29.6 Å². The zero-order chi connectivity index (χ0) is 20.4. The van der Waals surface area contributed by atoms with Crippen LogP contribution in [-0.2, 0) is 11.2 Å². The fourth-order valence-corrected chi connectivity index (χ4v) is 3.40. The van der Waals surface area contributed by atoms with Crippen molar-refractivity contribution in [2.24, 2.45) is 0 Å². The van der Waals surface area contributed by atoms with Gasteiger partial charge in [0.2, 0.25) is 5.91 Å². The summed E-state index contributed by atoms with van der Waals surface area (Å²) >= 11 is 0. The second kappa shape index (κ2) is 7.63. The van der Waals surface area contributed by atoms with Crippen LogP contribution in [0.4, 0.5) is 11.5 Å². The molecular formula is C22H21N5O2. The molecule has 1 aliphatic rings. The number of nitrogens with zero attached hydrogens (tertiary/aromatic N) is 2. The molecule has 3 aromatic rings. The number of anilines is 2. The first-order valence-electron chi connectivity index (χ1n) is 9.36. The Hall–Kier alpha value is -3.87. The molecule has 4 rings (SSSR count). The van der Waals surface area contributed by atoms with E-state index in [1.165, 1.54) is 6.08 Å². The molecule has 0 aliphatic carbocycles. The van der Waals surface area contributed by atoms with Gasteiger partial charge in [0.1, 0.15) is 0 Å². The predicted octanol–water partition coefficient (Wildman–Crippen LogP) is 2.92. The Morgan fingerprint density at radius 2 is 2.10 bits per heavy atom. The van der Waals surface area contributed by atoms with Gasteiger partial charge in [-0.05, 0) is 54.8 Å². The molecule has 0 bridgehead atoms. The summed E-state index contributed by atoms with van der Waals surface area (Å²) in [6.45, 7) is 2.42. The number of allylic oxidation sites excluding steroid dienone is 1. The molecule has 0 saturated heterocycles. The van der Waals surface area contributed by atoms with Gasteiger partial charge in [0.25, 0.3) is 5.91 Å². The van der Waals surface area contributed by atoms with Crippen molar-refractivity contribution in [3.8, 4) is 16.8 Å². The lowest BCUT2D eigenvalue weighted by Crippen LogP contribution is -2.31. The molecule has 2 heterocycles. The van der Waals surface area contributed by atoms with E-state index in [1.807, 2.05) is 48.7 Å². The van der Waals surface area contributed by atoms with Gasteiger partial charge in [0.15, 0.2) is 5.82 Å². The van der Waals surface area contributed by atoms with Gasteiger partial charge >= 0.3 is 0 Å². The third-order valence-electron chi connectivity index (χ3n) is 4.78. The number of carbonyl (C=O) groups is 2. The first kappa shape index (κ1) is 18.5. The van der Waals surface area contributed by atoms with Crippen LogP contribution < -0.4 is 16.4 Å². The second-order valence-electron chi connectivity index (χ2n) is 6.79. The average molecular weight is 387 g/mol. The summed E-state index contributed by atoms with van der Waals surface area (Å²) in [7, 11) is 0. The quantitative estimate of drug-likeness (QED) is 0.599. The molecule has 0 atom stereocenters. The van der Waals surface area contributed by atoms with Crippen molar-refractivity contribution in [1.29, 1.82) is 0 Å². The highest BCUT2D eigenvalue weighted by molar-refractivity contribution is 5.99. The molecule has 29 heavy (non-hydrogen) atoms. The van der Waals surface area contributed by atoms with Crippen molar-refractivity contribution < 1.29 is 9.59 Å². The largest absolute Gasteiger partial charge is 0.382 e. The van der Waals surface area contributed by atoms with E-state index in [4.69, 9.17) is 5.73 Å². The molecule has 7 nitrogen and oxygen atoms in total. The third kappa shape index (κ3) is 3.75. The predicted molar refractivity (Wildman–Crippen MR) is 113 cm³/mol. The number of fused-ring (bicyclic) bond motifs is 1. The van der Waals surface area contributed by atoms with Crippen molar-refractivity contribution in [1.82, 2.24) is 15.1 Å². The van der Waals surface area contributed by atoms with Crippen molar-refractivity contribution in [3.63, 3.8) is 0 Å². The molecule has 1 aromatic heterocycles. The summed E-state index contributed by atoms with van der Waals surface area (Å²) in [4.78, 5) is 23.7. The first-order valence-corrected chi connectivity index (χ1v) is 9.36. The summed E-state index contributed by atoms with van der Waals surface area (Å²) in [5.41, 5.74) is 11.0. The molecule has 0 fully saturated rings. The molecule has 7 heteroatoms. The standard InChI is InChI=1S/C22H21N5O2/c1-2-4-20(28)25-16-5-3-6-17(12-16)27-13-19(21(23)26-27)14-7-8-18-15(11-14)9-10-24-22(18)29/h2-8,11-13H,9-10H2,1H3,(H2,23,26)(H,24,29)(H,25,28)/b4-2+. The van der Waals surface area contributed by atoms with Crippen LogP contribution in [0.15, 0.2) is 60.8 Å². The zero-order valence-electron chi connectivity index (χ0n) is 16.0. The van der Waals surface area contributed by atoms with Crippen molar-refractivity contribution in [2.45, 2.75) is 13.3 Å². The number of nitrogen functional groups attached to an aromatic ring is 1. The van der Waals surface area contributed by atoms with E-state index in [0.29, 0.717) is 23.6 Å². The maximum atomic E-state index is 12.0. The number of nitrogens with one attached hydrogen (secondary N) is 2. The number of rotatable bonds is 4. The second-order valence-corrected chi connectivity index (χ2v) is 6.79. The van der Waals surface area contributed by atoms with E-state index in [2.05, 4.69) is 15.7 Å². The van der Waals surface area contributed by atoms with E-state index in [1.54, 1.807) is 17.7 Å². The lowest BCUT2D eigenvalue weighted by molar-refractivity contribution is -0.111. The average Bonchev–Trinajstić information content (AvgIpc) is 3.10. The molecule has 4 N–H and O–H groups in total. The number of nitrogens with two attached hydrogens (primary N) is 1. The van der Waals surface area contributed by atoms with Crippen molar-refractivity contribution >= 4 is 23.3 Å². The molecule has 2 amide bonds. The number of benzene rings is 2. The van der Waals surface area contributed by atoms with Crippen LogP contribution in [-0.4, -0.2) is 28.1 Å². The van der Waals surface area contributed by atoms with E-state index >= 15 is 0 Å². The highest BCUT2D eigenvalue weighted by Crippen LogP contribution is 2.29. The topological polar surface area (TPSA) is 102 Å². The number of hydrogen-bond donors (Lipinski definition) is 3. The first-order chi connectivity index (χ1) is 14.0. The van der Waals surface area contributed by atoms with Crippen LogP contribution in [0, 0.1) is 0 Å². The Balaban J connectivity index is 1.65. The fourth-order valence-electron chi connectivity index (χ4n) is 3.40. The molecule has 2 aromatic carbocycles. The summed E-state index contributed by atoms with van der Waals surface area (Å²) in [5.74, 6) is 0.162. The van der Waals surface area contributed by atoms with Crippen molar-refractivity contribution in [2.75, 3.05) is 17.6 Å². The minimum Gasteiger partial charge on any atom is -0.382 e. The SMILES string of the molecule is C/C=C/C(=O)Nc1cccc(-n2cc(-c3ccc4c(c3)CCNC4=O)c(N)n2)c1. The van der Waals surface area contributed by atoms with Crippen LogP contribution in [0.5, 0.6) is 0 Å². The minimum atomic E-state index is -0.191.